The Morgan fingerprint density at radius 1 is 1.21 bits per heavy atom. The normalized spacial score (nSPS) is 30.9. The Kier molecular flexibility index (Phi) is 5.45. The lowest BCUT2D eigenvalue weighted by atomic mass is 9.81. The van der Waals surface area contributed by atoms with Gasteiger partial charge in [-0.25, -0.2) is 0 Å². The SMILES string of the molecule is COCCCN1CC2CN(C(=O)CC3CCCC3)C[C@]2(C(=O)O)C1. The fourth-order valence-corrected chi connectivity index (χ4v) is 4.86. The van der Waals surface area contributed by atoms with Gasteiger partial charge in [0.1, 0.15) is 5.41 Å². The summed E-state index contributed by atoms with van der Waals surface area (Å²) in [5, 5.41) is 9.86. The highest BCUT2D eigenvalue weighted by Crippen LogP contribution is 2.43. The maximum atomic E-state index is 12.6. The molecule has 0 bridgehead atoms. The molecular formula is C18H30N2O4. The van der Waals surface area contributed by atoms with Gasteiger partial charge in [-0.05, 0) is 25.2 Å². The minimum atomic E-state index is -0.765. The number of ether oxygens (including phenoxy) is 1. The standard InChI is InChI=1S/C18H30N2O4/c1-24-8-4-7-19-10-15-11-20(13-18(15,12-19)17(22)23)16(21)9-14-5-2-3-6-14/h14-15H,2-13H2,1H3,(H,22,23)/t15?,18-/m1/s1. The van der Waals surface area contributed by atoms with E-state index in [2.05, 4.69) is 4.90 Å². The van der Waals surface area contributed by atoms with Crippen LogP contribution < -0.4 is 0 Å². The number of amides is 1. The Balaban J connectivity index is 1.58. The van der Waals surface area contributed by atoms with Crippen molar-refractivity contribution in [1.82, 2.24) is 9.80 Å². The second-order valence-electron chi connectivity index (χ2n) is 7.87. The molecule has 3 rings (SSSR count). The predicted octanol–water partition coefficient (Wildman–Crippen LogP) is 1.45. The number of methoxy groups -OCH3 is 1. The number of rotatable bonds is 7. The first-order chi connectivity index (χ1) is 11.5. The van der Waals surface area contributed by atoms with E-state index in [4.69, 9.17) is 4.74 Å². The van der Waals surface area contributed by atoms with Crippen molar-refractivity contribution < 1.29 is 19.4 Å². The van der Waals surface area contributed by atoms with Crippen LogP contribution in [-0.4, -0.2) is 73.2 Å². The van der Waals surface area contributed by atoms with Crippen LogP contribution in [0.3, 0.4) is 0 Å². The van der Waals surface area contributed by atoms with Gasteiger partial charge >= 0.3 is 5.97 Å². The highest BCUT2D eigenvalue weighted by Gasteiger charge is 2.58. The summed E-state index contributed by atoms with van der Waals surface area (Å²) in [6, 6.07) is 0. The first-order valence-corrected chi connectivity index (χ1v) is 9.27. The lowest BCUT2D eigenvalue weighted by molar-refractivity contribution is -0.149. The minimum Gasteiger partial charge on any atom is -0.481 e. The first-order valence-electron chi connectivity index (χ1n) is 9.27. The quantitative estimate of drug-likeness (QED) is 0.712. The molecule has 1 N–H and O–H groups in total. The van der Waals surface area contributed by atoms with E-state index in [1.807, 2.05) is 4.90 Å². The Bertz CT molecular complexity index is 478. The van der Waals surface area contributed by atoms with Gasteiger partial charge in [0.2, 0.25) is 5.91 Å². The third-order valence-corrected chi connectivity index (χ3v) is 6.22. The molecule has 2 atom stereocenters. The van der Waals surface area contributed by atoms with E-state index in [1.54, 1.807) is 7.11 Å². The number of carbonyl (C=O) groups is 2. The largest absolute Gasteiger partial charge is 0.481 e. The molecule has 1 saturated carbocycles. The van der Waals surface area contributed by atoms with Crippen LogP contribution in [-0.2, 0) is 14.3 Å². The van der Waals surface area contributed by atoms with Crippen molar-refractivity contribution in [1.29, 1.82) is 0 Å². The third-order valence-electron chi connectivity index (χ3n) is 6.22. The number of nitrogens with zero attached hydrogens (tertiary/aromatic N) is 2. The van der Waals surface area contributed by atoms with Crippen molar-refractivity contribution >= 4 is 11.9 Å². The average molecular weight is 338 g/mol. The van der Waals surface area contributed by atoms with Gasteiger partial charge in [0.15, 0.2) is 0 Å². The molecule has 0 spiro atoms. The molecule has 0 aromatic heterocycles. The van der Waals surface area contributed by atoms with Crippen molar-refractivity contribution in [2.45, 2.75) is 38.5 Å². The lowest BCUT2D eigenvalue weighted by Gasteiger charge is -2.26. The summed E-state index contributed by atoms with van der Waals surface area (Å²) in [6.45, 7) is 3.91. The molecule has 0 aromatic rings. The van der Waals surface area contributed by atoms with Gasteiger partial charge in [-0.15, -0.1) is 0 Å². The van der Waals surface area contributed by atoms with Crippen molar-refractivity contribution in [2.75, 3.05) is 46.4 Å². The molecule has 0 radical (unpaired) electrons. The van der Waals surface area contributed by atoms with Crippen LogP contribution in [0.25, 0.3) is 0 Å². The smallest absolute Gasteiger partial charge is 0.313 e. The lowest BCUT2D eigenvalue weighted by Crippen LogP contribution is -2.42. The number of carbonyl (C=O) groups excluding carboxylic acids is 1. The Hall–Kier alpha value is -1.14. The maximum Gasteiger partial charge on any atom is 0.313 e. The molecule has 2 heterocycles. The van der Waals surface area contributed by atoms with Gasteiger partial charge in [-0.1, -0.05) is 12.8 Å². The molecule has 3 fully saturated rings. The van der Waals surface area contributed by atoms with E-state index in [9.17, 15) is 14.7 Å². The summed E-state index contributed by atoms with van der Waals surface area (Å²) in [4.78, 5) is 28.7. The second kappa shape index (κ2) is 7.40. The van der Waals surface area contributed by atoms with Crippen LogP contribution in [0.4, 0.5) is 0 Å². The summed E-state index contributed by atoms with van der Waals surface area (Å²) < 4.78 is 5.08. The van der Waals surface area contributed by atoms with Gasteiger partial charge in [0.05, 0.1) is 0 Å². The molecule has 1 amide bonds. The molecule has 1 unspecified atom stereocenters. The van der Waals surface area contributed by atoms with Crippen LogP contribution in [0.1, 0.15) is 38.5 Å². The summed E-state index contributed by atoms with van der Waals surface area (Å²) in [5.74, 6) is 0.00935. The fraction of sp³-hybridized carbons (Fsp3) is 0.889. The minimum absolute atomic E-state index is 0.0603. The number of likely N-dealkylation sites (tertiary alicyclic amines) is 2. The predicted molar refractivity (Wildman–Crippen MR) is 89.6 cm³/mol. The molecular weight excluding hydrogens is 308 g/mol. The highest BCUT2D eigenvalue weighted by molar-refractivity contribution is 5.81. The Morgan fingerprint density at radius 3 is 2.58 bits per heavy atom. The van der Waals surface area contributed by atoms with E-state index in [0.29, 0.717) is 38.6 Å². The number of hydrogen-bond donors (Lipinski definition) is 1. The summed E-state index contributed by atoms with van der Waals surface area (Å²) in [5.41, 5.74) is -0.765. The van der Waals surface area contributed by atoms with Crippen LogP contribution in [0, 0.1) is 17.3 Å². The van der Waals surface area contributed by atoms with Crippen molar-refractivity contribution in [2.24, 2.45) is 17.3 Å². The molecule has 6 heteroatoms. The number of carboxylic acid groups (broad SMARTS) is 1. The third kappa shape index (κ3) is 3.45. The maximum absolute atomic E-state index is 12.6. The zero-order valence-electron chi connectivity index (χ0n) is 14.7. The highest BCUT2D eigenvalue weighted by atomic mass is 16.5. The Morgan fingerprint density at radius 2 is 1.96 bits per heavy atom. The average Bonchev–Trinajstić information content (AvgIpc) is 3.21. The molecule has 2 saturated heterocycles. The van der Waals surface area contributed by atoms with Gasteiger partial charge in [0.25, 0.3) is 0 Å². The zero-order chi connectivity index (χ0) is 17.2. The van der Waals surface area contributed by atoms with Crippen LogP contribution in [0.2, 0.25) is 0 Å². The van der Waals surface area contributed by atoms with Crippen molar-refractivity contribution in [3.63, 3.8) is 0 Å². The summed E-state index contributed by atoms with van der Waals surface area (Å²) >= 11 is 0. The second-order valence-corrected chi connectivity index (χ2v) is 7.87. The molecule has 0 aromatic carbocycles. The van der Waals surface area contributed by atoms with Crippen molar-refractivity contribution in [3.8, 4) is 0 Å². The number of hydrogen-bond acceptors (Lipinski definition) is 4. The van der Waals surface area contributed by atoms with E-state index in [0.717, 1.165) is 32.4 Å². The Labute approximate surface area is 144 Å². The fourth-order valence-electron chi connectivity index (χ4n) is 4.86. The van der Waals surface area contributed by atoms with Gasteiger partial charge < -0.3 is 19.6 Å². The van der Waals surface area contributed by atoms with Crippen molar-refractivity contribution in [3.05, 3.63) is 0 Å². The molecule has 3 aliphatic rings. The molecule has 136 valence electrons. The van der Waals surface area contributed by atoms with Crippen LogP contribution >= 0.6 is 0 Å². The summed E-state index contributed by atoms with van der Waals surface area (Å²) in [6.07, 6.45) is 6.30. The summed E-state index contributed by atoms with van der Waals surface area (Å²) in [7, 11) is 1.69. The van der Waals surface area contributed by atoms with E-state index < -0.39 is 11.4 Å². The molecule has 1 aliphatic carbocycles. The first kappa shape index (κ1) is 17.7. The van der Waals surface area contributed by atoms with Crippen LogP contribution in [0.5, 0.6) is 0 Å². The molecule has 24 heavy (non-hydrogen) atoms. The van der Waals surface area contributed by atoms with Crippen LogP contribution in [0.15, 0.2) is 0 Å². The van der Waals surface area contributed by atoms with Gasteiger partial charge in [-0.2, -0.15) is 0 Å². The van der Waals surface area contributed by atoms with E-state index in [1.165, 1.54) is 12.8 Å². The monoisotopic (exact) mass is 338 g/mol. The number of carboxylic acids is 1. The topological polar surface area (TPSA) is 70.1 Å². The van der Waals surface area contributed by atoms with E-state index in [-0.39, 0.29) is 11.8 Å². The zero-order valence-corrected chi connectivity index (χ0v) is 14.7. The van der Waals surface area contributed by atoms with Gasteiger partial charge in [0, 0.05) is 58.8 Å². The number of fused-ring (bicyclic) bond motifs is 1. The van der Waals surface area contributed by atoms with Gasteiger partial charge in [-0.3, -0.25) is 9.59 Å². The number of aliphatic carboxylic acids is 1. The molecule has 2 aliphatic heterocycles. The molecule has 6 nitrogen and oxygen atoms in total. The van der Waals surface area contributed by atoms with E-state index >= 15 is 0 Å².